The van der Waals surface area contributed by atoms with Crippen LogP contribution in [0.5, 0.6) is 0 Å². The summed E-state index contributed by atoms with van der Waals surface area (Å²) in [5, 5.41) is 3.31. The van der Waals surface area contributed by atoms with Gasteiger partial charge in [0.05, 0.1) is 13.2 Å². The largest absolute Gasteiger partial charge is 0.453 e. The summed E-state index contributed by atoms with van der Waals surface area (Å²) in [6.45, 7) is 1.32. The second-order valence-electron chi connectivity index (χ2n) is 4.79. The van der Waals surface area contributed by atoms with Crippen molar-refractivity contribution in [2.45, 2.75) is 24.8 Å². The van der Waals surface area contributed by atoms with Gasteiger partial charge >= 0.3 is 6.09 Å². The van der Waals surface area contributed by atoms with Crippen LogP contribution in [0.2, 0.25) is 0 Å². The van der Waals surface area contributed by atoms with Crippen molar-refractivity contribution in [3.8, 4) is 0 Å². The molecule has 1 aromatic heterocycles. The summed E-state index contributed by atoms with van der Waals surface area (Å²) in [5.74, 6) is 2.34. The quantitative estimate of drug-likeness (QED) is 0.871. The summed E-state index contributed by atoms with van der Waals surface area (Å²) < 4.78 is 4.65. The van der Waals surface area contributed by atoms with E-state index in [1.165, 1.54) is 20.0 Å². The van der Waals surface area contributed by atoms with Crippen molar-refractivity contribution >= 4 is 11.9 Å². The van der Waals surface area contributed by atoms with Gasteiger partial charge in [-0.3, -0.25) is 0 Å². The molecule has 0 atom stereocenters. The summed E-state index contributed by atoms with van der Waals surface area (Å²) >= 11 is 0. The average molecular weight is 248 g/mol. The van der Waals surface area contributed by atoms with E-state index < -0.39 is 0 Å². The summed E-state index contributed by atoms with van der Waals surface area (Å²) in [5.41, 5.74) is 0. The van der Waals surface area contributed by atoms with Crippen molar-refractivity contribution in [2.24, 2.45) is 0 Å². The lowest BCUT2D eigenvalue weighted by atomic mass is 10.1. The van der Waals surface area contributed by atoms with Gasteiger partial charge in [-0.25, -0.2) is 14.8 Å². The second-order valence-corrected chi connectivity index (χ2v) is 4.79. The number of carbonyl (C=O) groups excluding carboxylic acids is 1. The molecule has 96 valence electrons. The first-order chi connectivity index (χ1) is 8.76. The fourth-order valence-corrected chi connectivity index (χ4v) is 2.05. The highest BCUT2D eigenvalue weighted by Gasteiger charge is 2.32. The molecule has 1 N–H and O–H groups in total. The van der Waals surface area contributed by atoms with Crippen molar-refractivity contribution < 1.29 is 9.53 Å². The average Bonchev–Trinajstić information content (AvgIpc) is 3.17. The highest BCUT2D eigenvalue weighted by Crippen LogP contribution is 2.38. The topological polar surface area (TPSA) is 67.3 Å². The molecule has 1 aliphatic carbocycles. The number of hydrogen-bond acceptors (Lipinski definition) is 5. The molecule has 1 amide bonds. The lowest BCUT2D eigenvalue weighted by Gasteiger charge is -2.38. The number of anilines is 1. The van der Waals surface area contributed by atoms with E-state index in [0.717, 1.165) is 11.6 Å². The summed E-state index contributed by atoms with van der Waals surface area (Å²) in [4.78, 5) is 21.6. The normalized spacial score (nSPS) is 19.3. The van der Waals surface area contributed by atoms with Gasteiger partial charge in [-0.15, -0.1) is 0 Å². The third-order valence-electron chi connectivity index (χ3n) is 3.28. The molecule has 6 heteroatoms. The maximum atomic E-state index is 11.2. The number of hydrogen-bond donors (Lipinski definition) is 1. The van der Waals surface area contributed by atoms with E-state index in [-0.39, 0.29) is 12.1 Å². The van der Waals surface area contributed by atoms with Gasteiger partial charge in [-0.05, 0) is 18.9 Å². The smallest absolute Gasteiger partial charge is 0.409 e. The molecule has 3 rings (SSSR count). The lowest BCUT2D eigenvalue weighted by Crippen LogP contribution is -2.57. The minimum absolute atomic E-state index is 0.256. The van der Waals surface area contributed by atoms with Crippen molar-refractivity contribution in [3.05, 3.63) is 18.1 Å². The first-order valence-electron chi connectivity index (χ1n) is 6.18. The first-order valence-corrected chi connectivity index (χ1v) is 6.18. The molecule has 0 unspecified atom stereocenters. The SMILES string of the molecule is COC(=O)N1CC(Nc2ccnc(C3CC3)n2)C1. The second kappa shape index (κ2) is 4.44. The molecule has 2 heterocycles. The fourth-order valence-electron chi connectivity index (χ4n) is 2.05. The molecule has 1 aromatic rings. The highest BCUT2D eigenvalue weighted by molar-refractivity contribution is 5.69. The van der Waals surface area contributed by atoms with E-state index in [2.05, 4.69) is 20.0 Å². The lowest BCUT2D eigenvalue weighted by molar-refractivity contribution is 0.0929. The van der Waals surface area contributed by atoms with Crippen LogP contribution >= 0.6 is 0 Å². The van der Waals surface area contributed by atoms with Crippen LogP contribution in [-0.2, 0) is 4.74 Å². The van der Waals surface area contributed by atoms with E-state index in [1.807, 2.05) is 6.07 Å². The molecule has 1 saturated carbocycles. The third-order valence-corrected chi connectivity index (χ3v) is 3.28. The van der Waals surface area contributed by atoms with Crippen molar-refractivity contribution in [1.29, 1.82) is 0 Å². The monoisotopic (exact) mass is 248 g/mol. The zero-order valence-corrected chi connectivity index (χ0v) is 10.3. The van der Waals surface area contributed by atoms with Crippen LogP contribution in [0.1, 0.15) is 24.6 Å². The van der Waals surface area contributed by atoms with E-state index in [1.54, 1.807) is 11.1 Å². The van der Waals surface area contributed by atoms with Gasteiger partial charge in [0.2, 0.25) is 0 Å². The first kappa shape index (κ1) is 11.3. The van der Waals surface area contributed by atoms with Crippen LogP contribution in [0.3, 0.4) is 0 Å². The fraction of sp³-hybridized carbons (Fsp3) is 0.583. The van der Waals surface area contributed by atoms with Crippen molar-refractivity contribution in [2.75, 3.05) is 25.5 Å². The minimum atomic E-state index is -0.269. The Kier molecular flexibility index (Phi) is 2.77. The van der Waals surface area contributed by atoms with Gasteiger partial charge in [-0.2, -0.15) is 0 Å². The maximum Gasteiger partial charge on any atom is 0.409 e. The number of amides is 1. The number of ether oxygens (including phenoxy) is 1. The molecule has 2 aliphatic rings. The third kappa shape index (κ3) is 2.23. The molecule has 0 aromatic carbocycles. The van der Waals surface area contributed by atoms with Crippen LogP contribution in [0.4, 0.5) is 10.6 Å². The zero-order valence-electron chi connectivity index (χ0n) is 10.3. The molecule has 6 nitrogen and oxygen atoms in total. The van der Waals surface area contributed by atoms with Crippen molar-refractivity contribution in [1.82, 2.24) is 14.9 Å². The predicted octanol–water partition coefficient (Wildman–Crippen LogP) is 1.22. The number of carbonyl (C=O) groups is 1. The van der Waals surface area contributed by atoms with Crippen LogP contribution in [0.25, 0.3) is 0 Å². The molecule has 2 fully saturated rings. The molecular weight excluding hydrogens is 232 g/mol. The molecule has 0 bridgehead atoms. The number of rotatable bonds is 3. The molecule has 1 saturated heterocycles. The van der Waals surface area contributed by atoms with E-state index in [0.29, 0.717) is 19.0 Å². The Labute approximate surface area is 105 Å². The number of nitrogens with one attached hydrogen (secondary N) is 1. The van der Waals surface area contributed by atoms with E-state index in [4.69, 9.17) is 0 Å². The number of aromatic nitrogens is 2. The Morgan fingerprint density at radius 2 is 2.28 bits per heavy atom. The Bertz CT molecular complexity index is 455. The Hall–Kier alpha value is -1.85. The van der Waals surface area contributed by atoms with Crippen LogP contribution in [-0.4, -0.2) is 47.2 Å². The maximum absolute atomic E-state index is 11.2. The van der Waals surface area contributed by atoms with Gasteiger partial charge in [-0.1, -0.05) is 0 Å². The number of methoxy groups -OCH3 is 1. The molecule has 1 aliphatic heterocycles. The summed E-state index contributed by atoms with van der Waals surface area (Å²) in [7, 11) is 1.40. The van der Waals surface area contributed by atoms with Crippen LogP contribution in [0, 0.1) is 0 Å². The number of likely N-dealkylation sites (tertiary alicyclic amines) is 1. The van der Waals surface area contributed by atoms with Crippen LogP contribution in [0.15, 0.2) is 12.3 Å². The van der Waals surface area contributed by atoms with E-state index in [9.17, 15) is 4.79 Å². The predicted molar refractivity (Wildman–Crippen MR) is 65.4 cm³/mol. The van der Waals surface area contributed by atoms with Gasteiger partial charge in [0, 0.05) is 25.2 Å². The number of nitrogens with zero attached hydrogens (tertiary/aromatic N) is 3. The Morgan fingerprint density at radius 3 is 2.94 bits per heavy atom. The van der Waals surface area contributed by atoms with E-state index >= 15 is 0 Å². The molecular formula is C12H16N4O2. The Morgan fingerprint density at radius 1 is 1.50 bits per heavy atom. The highest BCUT2D eigenvalue weighted by atomic mass is 16.5. The van der Waals surface area contributed by atoms with Crippen LogP contribution < -0.4 is 5.32 Å². The molecule has 0 spiro atoms. The van der Waals surface area contributed by atoms with Crippen molar-refractivity contribution in [3.63, 3.8) is 0 Å². The molecule has 0 radical (unpaired) electrons. The summed E-state index contributed by atoms with van der Waals surface area (Å²) in [6.07, 6.45) is 3.92. The van der Waals surface area contributed by atoms with Gasteiger partial charge < -0.3 is 15.0 Å². The standard InChI is InChI=1S/C12H16N4O2/c1-18-12(17)16-6-9(7-16)14-10-4-5-13-11(15-10)8-2-3-8/h4-5,8-9H,2-3,6-7H2,1H3,(H,13,14,15). The minimum Gasteiger partial charge on any atom is -0.453 e. The summed E-state index contributed by atoms with van der Waals surface area (Å²) in [6, 6.07) is 2.12. The Balaban J connectivity index is 1.55. The zero-order chi connectivity index (χ0) is 12.5. The van der Waals surface area contributed by atoms with Gasteiger partial charge in [0.15, 0.2) is 0 Å². The van der Waals surface area contributed by atoms with Gasteiger partial charge in [0.25, 0.3) is 0 Å². The molecule has 18 heavy (non-hydrogen) atoms. The van der Waals surface area contributed by atoms with Gasteiger partial charge in [0.1, 0.15) is 11.6 Å².